The summed E-state index contributed by atoms with van der Waals surface area (Å²) >= 11 is 6.30. The summed E-state index contributed by atoms with van der Waals surface area (Å²) in [5.74, 6) is 2.21. The lowest BCUT2D eigenvalue weighted by Crippen LogP contribution is -2.23. The van der Waals surface area contributed by atoms with Crippen molar-refractivity contribution in [1.29, 1.82) is 0 Å². The number of nitrogens with zero attached hydrogens (tertiary/aromatic N) is 1. The van der Waals surface area contributed by atoms with Crippen LogP contribution in [0, 0.1) is 0 Å². The Hall–Kier alpha value is -4.52. The highest BCUT2D eigenvalue weighted by molar-refractivity contribution is 7.70. The first-order valence-corrected chi connectivity index (χ1v) is 18.3. The number of fused-ring (bicyclic) bond motifs is 1. The second kappa shape index (κ2) is 13.7. The van der Waals surface area contributed by atoms with Gasteiger partial charge in [-0.05, 0) is 84.8 Å². The molecule has 47 heavy (non-hydrogen) atoms. The number of amides is 2. The molecule has 0 aliphatic carbocycles. The number of methoxy groups -OCH3 is 1. The summed E-state index contributed by atoms with van der Waals surface area (Å²) in [5, 5.41) is 12.1. The lowest BCUT2D eigenvalue weighted by atomic mass is 9.86. The molecule has 244 valence electrons. The quantitative estimate of drug-likeness (QED) is 0.135. The molecule has 5 aromatic rings. The van der Waals surface area contributed by atoms with Crippen LogP contribution in [-0.4, -0.2) is 31.5 Å². The van der Waals surface area contributed by atoms with Gasteiger partial charge in [-0.3, -0.25) is 0 Å². The van der Waals surface area contributed by atoms with Gasteiger partial charge in [-0.15, -0.1) is 0 Å². The van der Waals surface area contributed by atoms with Gasteiger partial charge in [0, 0.05) is 33.7 Å². The molecule has 8 nitrogen and oxygen atoms in total. The molecule has 2 amide bonds. The van der Waals surface area contributed by atoms with Gasteiger partial charge in [0.1, 0.15) is 24.5 Å². The number of halogens is 1. The molecule has 0 saturated heterocycles. The molecule has 10 heteroatoms. The van der Waals surface area contributed by atoms with Crippen LogP contribution in [0.3, 0.4) is 0 Å². The van der Waals surface area contributed by atoms with Crippen LogP contribution in [0.25, 0.3) is 10.8 Å². The molecule has 1 heterocycles. The number of anilines is 4. The van der Waals surface area contributed by atoms with Gasteiger partial charge in [0.15, 0.2) is 5.75 Å². The van der Waals surface area contributed by atoms with Crippen molar-refractivity contribution in [2.24, 2.45) is 0 Å². The fraction of sp³-hybridized carbons (Fsp3) is 0.243. The van der Waals surface area contributed by atoms with E-state index in [-0.39, 0.29) is 5.41 Å². The number of nitrogens with one attached hydrogen (secondary N) is 3. The second-order valence-electron chi connectivity index (χ2n) is 12.7. The zero-order chi connectivity index (χ0) is 33.9. The Labute approximate surface area is 281 Å². The van der Waals surface area contributed by atoms with E-state index in [1.165, 1.54) is 7.11 Å². The number of aryl methyl sites for hydroxylation is 1. The van der Waals surface area contributed by atoms with Gasteiger partial charge in [-0.2, -0.15) is 0 Å². The number of benzene rings is 4. The fourth-order valence-corrected chi connectivity index (χ4v) is 6.65. The van der Waals surface area contributed by atoms with Crippen molar-refractivity contribution < 1.29 is 18.8 Å². The molecule has 0 bridgehead atoms. The van der Waals surface area contributed by atoms with Crippen molar-refractivity contribution in [3.05, 3.63) is 101 Å². The predicted molar refractivity (Wildman–Crippen MR) is 196 cm³/mol. The Kier molecular flexibility index (Phi) is 9.85. The second-order valence-corrected chi connectivity index (χ2v) is 16.3. The zero-order valence-electron chi connectivity index (χ0n) is 27.7. The van der Waals surface area contributed by atoms with Crippen molar-refractivity contribution in [3.63, 3.8) is 0 Å². The van der Waals surface area contributed by atoms with Gasteiger partial charge < -0.3 is 30.0 Å². The molecule has 0 fully saturated rings. The molecule has 1 aromatic heterocycles. The average Bonchev–Trinajstić information content (AvgIpc) is 3.01. The summed E-state index contributed by atoms with van der Waals surface area (Å²) in [6.07, 6.45) is 2.54. The summed E-state index contributed by atoms with van der Waals surface area (Å²) in [6.45, 7) is 11.7. The standard InChI is InChI=1S/C37H40ClN4O4P/c1-8-23-17-25(38)21-26(18-23)40-34-22-27(15-16-39-34)46-32-14-13-30(28-11-9-10-12-29(28)32)41-36(43)42-31-19-24(37(2,3)4)20-33(35(31)45-5)47(6,7)44/h9-22H,8H2,1-7H3,(H,39,40)(H2,41,42,43). The first-order chi connectivity index (χ1) is 22.2. The third-order valence-electron chi connectivity index (χ3n) is 7.70. The van der Waals surface area contributed by atoms with E-state index in [1.54, 1.807) is 31.7 Å². The fourth-order valence-electron chi connectivity index (χ4n) is 5.24. The summed E-state index contributed by atoms with van der Waals surface area (Å²) in [4.78, 5) is 17.9. The number of carbonyl (C=O) groups is 1. The lowest BCUT2D eigenvalue weighted by molar-refractivity contribution is 0.262. The van der Waals surface area contributed by atoms with Crippen molar-refractivity contribution >= 4 is 63.7 Å². The smallest absolute Gasteiger partial charge is 0.323 e. The van der Waals surface area contributed by atoms with Crippen molar-refractivity contribution in [2.75, 3.05) is 36.4 Å². The summed E-state index contributed by atoms with van der Waals surface area (Å²) in [7, 11) is -1.21. The van der Waals surface area contributed by atoms with E-state index >= 15 is 0 Å². The van der Waals surface area contributed by atoms with Crippen LogP contribution in [0.2, 0.25) is 5.02 Å². The van der Waals surface area contributed by atoms with Crippen LogP contribution in [0.1, 0.15) is 38.8 Å². The average molecular weight is 671 g/mol. The molecule has 5 rings (SSSR count). The molecule has 3 N–H and O–H groups in total. The largest absolute Gasteiger partial charge is 0.494 e. The molecule has 0 unspecified atom stereocenters. The number of aromatic nitrogens is 1. The highest BCUT2D eigenvalue weighted by Crippen LogP contribution is 2.43. The number of hydrogen-bond acceptors (Lipinski definition) is 6. The van der Waals surface area contributed by atoms with Gasteiger partial charge >= 0.3 is 6.03 Å². The number of hydrogen-bond donors (Lipinski definition) is 3. The minimum absolute atomic E-state index is 0.241. The Morgan fingerprint density at radius 1 is 0.915 bits per heavy atom. The molecule has 0 atom stereocenters. The van der Waals surface area contributed by atoms with E-state index in [9.17, 15) is 9.36 Å². The molecule has 0 aliphatic heterocycles. The molecule has 0 radical (unpaired) electrons. The first kappa shape index (κ1) is 33.8. The van der Waals surface area contributed by atoms with Crippen LogP contribution < -0.4 is 30.7 Å². The summed E-state index contributed by atoms with van der Waals surface area (Å²) < 4.78 is 25.2. The molecular weight excluding hydrogens is 631 g/mol. The maximum atomic E-state index is 13.4. The minimum Gasteiger partial charge on any atom is -0.494 e. The van der Waals surface area contributed by atoms with E-state index in [2.05, 4.69) is 48.6 Å². The molecular formula is C37H40ClN4O4P. The van der Waals surface area contributed by atoms with Gasteiger partial charge in [-0.25, -0.2) is 9.78 Å². The van der Waals surface area contributed by atoms with E-state index in [4.69, 9.17) is 21.1 Å². The van der Waals surface area contributed by atoms with Crippen LogP contribution in [0.15, 0.2) is 85.1 Å². The SMILES string of the molecule is CCc1cc(Cl)cc(Nc2cc(Oc3ccc(NC(=O)Nc4cc(C(C)(C)C)cc(P(C)(C)=O)c4OC)c4ccccc34)ccn2)c1. The lowest BCUT2D eigenvalue weighted by Gasteiger charge is -2.25. The summed E-state index contributed by atoms with van der Waals surface area (Å²) in [5.41, 5.74) is 3.71. The molecule has 0 aliphatic rings. The third-order valence-corrected chi connectivity index (χ3v) is 9.41. The molecule has 0 spiro atoms. The van der Waals surface area contributed by atoms with Crippen molar-refractivity contribution in [2.45, 2.75) is 39.5 Å². The van der Waals surface area contributed by atoms with Crippen LogP contribution in [-0.2, 0) is 16.4 Å². The van der Waals surface area contributed by atoms with Gasteiger partial charge in [0.05, 0.1) is 23.8 Å². The Morgan fingerprint density at radius 2 is 1.64 bits per heavy atom. The predicted octanol–water partition coefficient (Wildman–Crippen LogP) is 10.2. The first-order valence-electron chi connectivity index (χ1n) is 15.3. The Morgan fingerprint density at radius 3 is 2.32 bits per heavy atom. The number of rotatable bonds is 9. The number of pyridine rings is 1. The van der Waals surface area contributed by atoms with E-state index < -0.39 is 13.2 Å². The zero-order valence-corrected chi connectivity index (χ0v) is 29.3. The Balaban J connectivity index is 1.40. The number of urea groups is 1. The highest BCUT2D eigenvalue weighted by Gasteiger charge is 2.26. The van der Waals surface area contributed by atoms with Gasteiger partial charge in [0.25, 0.3) is 0 Å². The van der Waals surface area contributed by atoms with Gasteiger partial charge in [-0.1, -0.05) is 63.6 Å². The van der Waals surface area contributed by atoms with Crippen molar-refractivity contribution in [3.8, 4) is 17.2 Å². The third kappa shape index (κ3) is 8.07. The minimum atomic E-state index is -2.72. The van der Waals surface area contributed by atoms with Crippen LogP contribution in [0.5, 0.6) is 17.2 Å². The van der Waals surface area contributed by atoms with E-state index in [1.807, 2.05) is 66.7 Å². The normalized spacial score (nSPS) is 11.7. The highest BCUT2D eigenvalue weighted by atomic mass is 35.5. The number of carbonyl (C=O) groups excluding carboxylic acids is 1. The summed E-state index contributed by atoms with van der Waals surface area (Å²) in [6, 6.07) is 24.1. The van der Waals surface area contributed by atoms with E-state index in [0.717, 1.165) is 34.0 Å². The van der Waals surface area contributed by atoms with E-state index in [0.29, 0.717) is 44.8 Å². The van der Waals surface area contributed by atoms with Crippen LogP contribution in [0.4, 0.5) is 27.7 Å². The topological polar surface area (TPSA) is 102 Å². The van der Waals surface area contributed by atoms with Crippen LogP contribution >= 0.6 is 18.7 Å². The Bertz CT molecular complexity index is 2000. The monoisotopic (exact) mass is 670 g/mol. The van der Waals surface area contributed by atoms with Gasteiger partial charge in [0.2, 0.25) is 0 Å². The molecule has 0 saturated carbocycles. The number of ether oxygens (including phenoxy) is 2. The van der Waals surface area contributed by atoms with Crippen molar-refractivity contribution in [1.82, 2.24) is 4.98 Å². The maximum Gasteiger partial charge on any atom is 0.323 e. The maximum absolute atomic E-state index is 13.4. The molecule has 4 aromatic carbocycles.